The van der Waals surface area contributed by atoms with Crippen molar-refractivity contribution < 1.29 is 9.59 Å². The monoisotopic (exact) mass is 260 g/mol. The van der Waals surface area contributed by atoms with E-state index in [0.29, 0.717) is 11.3 Å². The van der Waals surface area contributed by atoms with Crippen LogP contribution in [0.1, 0.15) is 43.5 Å². The Morgan fingerprint density at radius 3 is 2.63 bits per heavy atom. The molecule has 0 bridgehead atoms. The second kappa shape index (κ2) is 5.87. The van der Waals surface area contributed by atoms with Crippen LogP contribution in [0, 0.1) is 5.92 Å². The van der Waals surface area contributed by atoms with Gasteiger partial charge in [-0.2, -0.15) is 0 Å². The molecule has 0 radical (unpaired) electrons. The average Bonchev–Trinajstić information content (AvgIpc) is 3.23. The number of carbonyl (C=O) groups is 2. The van der Waals surface area contributed by atoms with Crippen molar-refractivity contribution in [2.24, 2.45) is 5.92 Å². The van der Waals surface area contributed by atoms with Crippen molar-refractivity contribution in [1.82, 2.24) is 5.32 Å². The van der Waals surface area contributed by atoms with Crippen molar-refractivity contribution in [3.63, 3.8) is 0 Å². The van der Waals surface area contributed by atoms with Gasteiger partial charge in [-0.05, 0) is 38.3 Å². The minimum atomic E-state index is -0.138. The van der Waals surface area contributed by atoms with Gasteiger partial charge in [0.2, 0.25) is 5.91 Å². The first-order valence-corrected chi connectivity index (χ1v) is 6.82. The molecule has 0 aromatic heterocycles. The highest BCUT2D eigenvalue weighted by atomic mass is 16.2. The van der Waals surface area contributed by atoms with Gasteiger partial charge >= 0.3 is 0 Å². The Kier molecular flexibility index (Phi) is 4.20. The van der Waals surface area contributed by atoms with Gasteiger partial charge in [-0.3, -0.25) is 9.59 Å². The molecule has 2 amide bonds. The van der Waals surface area contributed by atoms with Crippen molar-refractivity contribution in [3.8, 4) is 0 Å². The number of carbonyl (C=O) groups excluding carboxylic acids is 2. The van der Waals surface area contributed by atoms with E-state index in [1.165, 1.54) is 0 Å². The summed E-state index contributed by atoms with van der Waals surface area (Å²) in [5.74, 6) is 0.00974. The molecule has 1 fully saturated rings. The Labute approximate surface area is 113 Å². The normalized spacial score (nSPS) is 15.7. The van der Waals surface area contributed by atoms with Crippen LogP contribution in [-0.4, -0.2) is 17.9 Å². The number of rotatable bonds is 5. The van der Waals surface area contributed by atoms with Gasteiger partial charge in [0.05, 0.1) is 11.3 Å². The second-order valence-corrected chi connectivity index (χ2v) is 5.09. The maximum Gasteiger partial charge on any atom is 0.253 e. The first-order chi connectivity index (χ1) is 9.11. The van der Waals surface area contributed by atoms with Crippen LogP contribution in [0.2, 0.25) is 0 Å². The zero-order valence-electron chi connectivity index (χ0n) is 11.4. The minimum absolute atomic E-state index is 0.0174. The molecule has 102 valence electrons. The number of hydrogen-bond acceptors (Lipinski definition) is 2. The van der Waals surface area contributed by atoms with Gasteiger partial charge in [0.25, 0.3) is 5.91 Å². The lowest BCUT2D eigenvalue weighted by Gasteiger charge is -2.14. The molecule has 1 aromatic carbocycles. The Morgan fingerprint density at radius 1 is 1.32 bits per heavy atom. The largest absolute Gasteiger partial charge is 0.350 e. The highest BCUT2D eigenvalue weighted by Crippen LogP contribution is 2.30. The number of amides is 2. The highest BCUT2D eigenvalue weighted by molar-refractivity contribution is 6.04. The molecule has 1 saturated carbocycles. The smallest absolute Gasteiger partial charge is 0.253 e. The highest BCUT2D eigenvalue weighted by Gasteiger charge is 2.30. The van der Waals surface area contributed by atoms with Crippen LogP contribution in [-0.2, 0) is 4.79 Å². The standard InChI is InChI=1S/C15H20N2O2/c1-3-10(2)16-15(19)12-6-4-5-7-13(12)17-14(18)11-8-9-11/h4-7,10-11H,3,8-9H2,1-2H3,(H,16,19)(H,17,18). The van der Waals surface area contributed by atoms with Crippen LogP contribution in [0.3, 0.4) is 0 Å². The number of hydrogen-bond donors (Lipinski definition) is 2. The Hall–Kier alpha value is -1.84. The topological polar surface area (TPSA) is 58.2 Å². The quantitative estimate of drug-likeness (QED) is 0.854. The fourth-order valence-corrected chi connectivity index (χ4v) is 1.77. The Bertz CT molecular complexity index is 481. The lowest BCUT2D eigenvalue weighted by molar-refractivity contribution is -0.117. The SMILES string of the molecule is CCC(C)NC(=O)c1ccccc1NC(=O)C1CC1. The number of nitrogens with one attached hydrogen (secondary N) is 2. The summed E-state index contributed by atoms with van der Waals surface area (Å²) in [6, 6.07) is 7.26. The number of benzene rings is 1. The first-order valence-electron chi connectivity index (χ1n) is 6.82. The zero-order valence-corrected chi connectivity index (χ0v) is 11.4. The van der Waals surface area contributed by atoms with E-state index in [1.54, 1.807) is 18.2 Å². The molecular weight excluding hydrogens is 240 g/mol. The number of para-hydroxylation sites is 1. The fourth-order valence-electron chi connectivity index (χ4n) is 1.77. The predicted octanol–water partition coefficient (Wildman–Crippen LogP) is 2.56. The van der Waals surface area contributed by atoms with Gasteiger partial charge in [-0.1, -0.05) is 19.1 Å². The Balaban J connectivity index is 2.10. The van der Waals surface area contributed by atoms with Crippen molar-refractivity contribution >= 4 is 17.5 Å². The van der Waals surface area contributed by atoms with Gasteiger partial charge in [0.15, 0.2) is 0 Å². The molecule has 0 saturated heterocycles. The van der Waals surface area contributed by atoms with E-state index < -0.39 is 0 Å². The van der Waals surface area contributed by atoms with Gasteiger partial charge in [-0.25, -0.2) is 0 Å². The van der Waals surface area contributed by atoms with Gasteiger partial charge in [0.1, 0.15) is 0 Å². The van der Waals surface area contributed by atoms with Crippen LogP contribution < -0.4 is 10.6 Å². The third-order valence-electron chi connectivity index (χ3n) is 3.37. The van der Waals surface area contributed by atoms with Crippen molar-refractivity contribution in [2.45, 2.75) is 39.2 Å². The molecule has 1 aromatic rings. The molecule has 0 heterocycles. The van der Waals surface area contributed by atoms with Crippen LogP contribution in [0.5, 0.6) is 0 Å². The first kappa shape index (κ1) is 13.6. The summed E-state index contributed by atoms with van der Waals surface area (Å²) in [6.45, 7) is 3.98. The summed E-state index contributed by atoms with van der Waals surface area (Å²) in [5, 5.41) is 5.76. The third-order valence-corrected chi connectivity index (χ3v) is 3.37. The molecule has 2 N–H and O–H groups in total. The zero-order chi connectivity index (χ0) is 13.8. The average molecular weight is 260 g/mol. The summed E-state index contributed by atoms with van der Waals surface area (Å²) >= 11 is 0. The molecular formula is C15H20N2O2. The molecule has 1 aliphatic rings. The predicted molar refractivity (Wildman–Crippen MR) is 75.0 cm³/mol. The lowest BCUT2D eigenvalue weighted by atomic mass is 10.1. The Morgan fingerprint density at radius 2 is 2.00 bits per heavy atom. The summed E-state index contributed by atoms with van der Waals surface area (Å²) in [7, 11) is 0. The molecule has 0 aliphatic heterocycles. The van der Waals surface area contributed by atoms with E-state index in [1.807, 2.05) is 19.9 Å². The van der Waals surface area contributed by atoms with E-state index in [2.05, 4.69) is 10.6 Å². The lowest BCUT2D eigenvalue weighted by Crippen LogP contribution is -2.32. The van der Waals surface area contributed by atoms with Crippen LogP contribution in [0.15, 0.2) is 24.3 Å². The van der Waals surface area contributed by atoms with E-state index in [4.69, 9.17) is 0 Å². The van der Waals surface area contributed by atoms with Crippen molar-refractivity contribution in [2.75, 3.05) is 5.32 Å². The second-order valence-electron chi connectivity index (χ2n) is 5.09. The molecule has 4 heteroatoms. The van der Waals surface area contributed by atoms with E-state index in [0.717, 1.165) is 19.3 Å². The minimum Gasteiger partial charge on any atom is -0.350 e. The van der Waals surface area contributed by atoms with Gasteiger partial charge in [0, 0.05) is 12.0 Å². The molecule has 1 unspecified atom stereocenters. The number of anilines is 1. The fraction of sp³-hybridized carbons (Fsp3) is 0.467. The molecule has 1 atom stereocenters. The van der Waals surface area contributed by atoms with Crippen LogP contribution >= 0.6 is 0 Å². The van der Waals surface area contributed by atoms with E-state index >= 15 is 0 Å². The maximum absolute atomic E-state index is 12.1. The molecule has 0 spiro atoms. The maximum atomic E-state index is 12.1. The van der Waals surface area contributed by atoms with E-state index in [-0.39, 0.29) is 23.8 Å². The van der Waals surface area contributed by atoms with Gasteiger partial charge < -0.3 is 10.6 Å². The summed E-state index contributed by atoms with van der Waals surface area (Å²) in [6.07, 6.45) is 2.78. The summed E-state index contributed by atoms with van der Waals surface area (Å²) < 4.78 is 0. The van der Waals surface area contributed by atoms with Crippen LogP contribution in [0.4, 0.5) is 5.69 Å². The molecule has 2 rings (SSSR count). The molecule has 1 aliphatic carbocycles. The molecule has 19 heavy (non-hydrogen) atoms. The summed E-state index contributed by atoms with van der Waals surface area (Å²) in [4.78, 5) is 23.9. The van der Waals surface area contributed by atoms with Crippen molar-refractivity contribution in [3.05, 3.63) is 29.8 Å². The van der Waals surface area contributed by atoms with E-state index in [9.17, 15) is 9.59 Å². The van der Waals surface area contributed by atoms with Crippen LogP contribution in [0.25, 0.3) is 0 Å². The third kappa shape index (κ3) is 3.56. The summed E-state index contributed by atoms with van der Waals surface area (Å²) in [5.41, 5.74) is 1.12. The molecule has 4 nitrogen and oxygen atoms in total. The van der Waals surface area contributed by atoms with Gasteiger partial charge in [-0.15, -0.1) is 0 Å². The van der Waals surface area contributed by atoms with Crippen molar-refractivity contribution in [1.29, 1.82) is 0 Å².